The number of nitrogens with one attached hydrogen (secondary N) is 1. The van der Waals surface area contributed by atoms with Crippen molar-refractivity contribution in [3.8, 4) is 0 Å². The van der Waals surface area contributed by atoms with Gasteiger partial charge in [0.15, 0.2) is 0 Å². The van der Waals surface area contributed by atoms with E-state index in [-0.39, 0.29) is 17.4 Å². The maximum absolute atomic E-state index is 12.4. The van der Waals surface area contributed by atoms with Crippen molar-refractivity contribution in [3.05, 3.63) is 34.3 Å². The van der Waals surface area contributed by atoms with E-state index in [0.29, 0.717) is 12.5 Å². The largest absolute Gasteiger partial charge is 0.354 e. The lowest BCUT2D eigenvalue weighted by molar-refractivity contribution is -0.123. The van der Waals surface area contributed by atoms with Crippen LogP contribution in [0.3, 0.4) is 0 Å². The number of benzene rings is 1. The van der Waals surface area contributed by atoms with Crippen LogP contribution in [-0.4, -0.2) is 18.5 Å². The van der Waals surface area contributed by atoms with E-state index in [1.807, 2.05) is 24.3 Å². The molecule has 3 N–H and O–H groups in total. The number of halogens is 1. The van der Waals surface area contributed by atoms with Gasteiger partial charge in [0, 0.05) is 17.1 Å². The maximum atomic E-state index is 12.4. The molecule has 2 fully saturated rings. The molecule has 1 aromatic carbocycles. The van der Waals surface area contributed by atoms with Gasteiger partial charge in [0.1, 0.15) is 0 Å². The van der Waals surface area contributed by atoms with E-state index in [4.69, 9.17) is 5.73 Å². The molecule has 3 rings (SSSR count). The lowest BCUT2D eigenvalue weighted by Gasteiger charge is -2.18. The molecule has 0 saturated heterocycles. The Kier molecular flexibility index (Phi) is 3.39. The molecule has 0 heterocycles. The summed E-state index contributed by atoms with van der Waals surface area (Å²) in [5.74, 6) is 0.767. The van der Waals surface area contributed by atoms with Crippen LogP contribution in [0, 0.1) is 5.92 Å². The topological polar surface area (TPSA) is 55.1 Å². The maximum Gasteiger partial charge on any atom is 0.230 e. The zero-order chi connectivity index (χ0) is 13.5. The highest BCUT2D eigenvalue weighted by molar-refractivity contribution is 9.10. The minimum atomic E-state index is -0.299. The first kappa shape index (κ1) is 13.1. The van der Waals surface area contributed by atoms with Crippen molar-refractivity contribution < 1.29 is 4.79 Å². The van der Waals surface area contributed by atoms with Gasteiger partial charge in [0.2, 0.25) is 5.91 Å². The molecule has 1 amide bonds. The molecule has 0 radical (unpaired) electrons. The van der Waals surface area contributed by atoms with Gasteiger partial charge in [0.25, 0.3) is 0 Å². The highest BCUT2D eigenvalue weighted by Gasteiger charge is 2.51. The lowest BCUT2D eigenvalue weighted by atomic mass is 9.95. The van der Waals surface area contributed by atoms with E-state index in [2.05, 4.69) is 21.2 Å². The third-order valence-corrected chi connectivity index (χ3v) is 4.78. The molecule has 1 aromatic rings. The fourth-order valence-electron chi connectivity index (χ4n) is 2.63. The van der Waals surface area contributed by atoms with Crippen molar-refractivity contribution in [1.82, 2.24) is 5.32 Å². The fourth-order valence-corrected chi connectivity index (χ4v) is 3.03. The first-order valence-corrected chi connectivity index (χ1v) is 7.71. The molecular formula is C15H19BrN2O. The predicted octanol–water partition coefficient (Wildman–Crippen LogP) is 2.33. The van der Waals surface area contributed by atoms with Crippen LogP contribution in [0.25, 0.3) is 0 Å². The van der Waals surface area contributed by atoms with E-state index >= 15 is 0 Å². The monoisotopic (exact) mass is 322 g/mol. The standard InChI is InChI=1S/C15H19BrN2O/c16-12-3-1-2-11(8-12)15(6-7-15)14(19)18-9-13(17)10-4-5-10/h1-3,8,10,13H,4-7,9,17H2,(H,18,19). The molecule has 102 valence electrons. The molecule has 0 aromatic heterocycles. The van der Waals surface area contributed by atoms with Crippen LogP contribution in [0.4, 0.5) is 0 Å². The van der Waals surface area contributed by atoms with E-state index in [1.54, 1.807) is 0 Å². The number of amides is 1. The normalized spacial score (nSPS) is 21.8. The Morgan fingerprint density at radius 1 is 1.47 bits per heavy atom. The Hall–Kier alpha value is -0.870. The van der Waals surface area contributed by atoms with Crippen LogP contribution in [0.15, 0.2) is 28.7 Å². The molecule has 1 unspecified atom stereocenters. The zero-order valence-corrected chi connectivity index (χ0v) is 12.4. The first-order chi connectivity index (χ1) is 9.12. The van der Waals surface area contributed by atoms with Gasteiger partial charge < -0.3 is 11.1 Å². The predicted molar refractivity (Wildman–Crippen MR) is 78.8 cm³/mol. The summed E-state index contributed by atoms with van der Waals surface area (Å²) in [5, 5.41) is 3.05. The average Bonchev–Trinajstić information content (AvgIpc) is 3.29. The Labute approximate surface area is 122 Å². The molecule has 2 aliphatic carbocycles. The molecule has 1 atom stereocenters. The number of carbonyl (C=O) groups is 1. The van der Waals surface area contributed by atoms with Gasteiger partial charge in [-0.1, -0.05) is 28.1 Å². The van der Waals surface area contributed by atoms with Crippen LogP contribution < -0.4 is 11.1 Å². The molecule has 4 heteroatoms. The van der Waals surface area contributed by atoms with E-state index in [0.717, 1.165) is 22.9 Å². The summed E-state index contributed by atoms with van der Waals surface area (Å²) in [6.45, 7) is 0.610. The summed E-state index contributed by atoms with van der Waals surface area (Å²) >= 11 is 3.47. The van der Waals surface area contributed by atoms with Crippen LogP contribution >= 0.6 is 15.9 Å². The first-order valence-electron chi connectivity index (χ1n) is 6.92. The summed E-state index contributed by atoms with van der Waals surface area (Å²) in [4.78, 5) is 12.4. The van der Waals surface area contributed by atoms with E-state index in [9.17, 15) is 4.79 Å². The third-order valence-electron chi connectivity index (χ3n) is 4.29. The van der Waals surface area contributed by atoms with Crippen molar-refractivity contribution in [1.29, 1.82) is 0 Å². The van der Waals surface area contributed by atoms with E-state index < -0.39 is 0 Å². The quantitative estimate of drug-likeness (QED) is 0.874. The van der Waals surface area contributed by atoms with Gasteiger partial charge in [-0.25, -0.2) is 0 Å². The number of carbonyl (C=O) groups excluding carboxylic acids is 1. The molecular weight excluding hydrogens is 304 g/mol. The number of hydrogen-bond donors (Lipinski definition) is 2. The Morgan fingerprint density at radius 3 is 2.79 bits per heavy atom. The number of rotatable bonds is 5. The Morgan fingerprint density at radius 2 is 2.21 bits per heavy atom. The third kappa shape index (κ3) is 2.70. The summed E-state index contributed by atoms with van der Waals surface area (Å²) in [6.07, 6.45) is 4.31. The minimum absolute atomic E-state index is 0.127. The molecule has 2 saturated carbocycles. The fraction of sp³-hybridized carbons (Fsp3) is 0.533. The van der Waals surface area contributed by atoms with Gasteiger partial charge in [-0.3, -0.25) is 4.79 Å². The van der Waals surface area contributed by atoms with Crippen LogP contribution in [0.5, 0.6) is 0 Å². The van der Waals surface area contributed by atoms with Crippen molar-refractivity contribution >= 4 is 21.8 Å². The average molecular weight is 323 g/mol. The number of nitrogens with two attached hydrogens (primary N) is 1. The van der Waals surface area contributed by atoms with Gasteiger partial charge in [0.05, 0.1) is 5.41 Å². The van der Waals surface area contributed by atoms with Crippen molar-refractivity contribution in [2.24, 2.45) is 11.7 Å². The Bertz CT molecular complexity index is 495. The molecule has 0 aliphatic heterocycles. The van der Waals surface area contributed by atoms with Crippen molar-refractivity contribution in [2.45, 2.75) is 37.1 Å². The Balaban J connectivity index is 1.65. The van der Waals surface area contributed by atoms with Gasteiger partial charge in [-0.2, -0.15) is 0 Å². The summed E-state index contributed by atoms with van der Waals surface area (Å²) in [7, 11) is 0. The molecule has 3 nitrogen and oxygen atoms in total. The molecule has 0 spiro atoms. The van der Waals surface area contributed by atoms with Crippen LogP contribution in [0.1, 0.15) is 31.2 Å². The van der Waals surface area contributed by atoms with Crippen LogP contribution in [-0.2, 0) is 10.2 Å². The second kappa shape index (κ2) is 4.91. The summed E-state index contributed by atoms with van der Waals surface area (Å²) in [6, 6.07) is 8.19. The van der Waals surface area contributed by atoms with Crippen molar-refractivity contribution in [3.63, 3.8) is 0 Å². The molecule has 19 heavy (non-hydrogen) atoms. The SMILES string of the molecule is NC(CNC(=O)C1(c2cccc(Br)c2)CC1)C1CC1. The summed E-state index contributed by atoms with van der Waals surface area (Å²) < 4.78 is 1.03. The van der Waals surface area contributed by atoms with Crippen molar-refractivity contribution in [2.75, 3.05) is 6.54 Å². The van der Waals surface area contributed by atoms with Gasteiger partial charge in [-0.05, 0) is 49.3 Å². The minimum Gasteiger partial charge on any atom is -0.354 e. The number of hydrogen-bond acceptors (Lipinski definition) is 2. The highest BCUT2D eigenvalue weighted by atomic mass is 79.9. The zero-order valence-electron chi connectivity index (χ0n) is 10.9. The lowest BCUT2D eigenvalue weighted by Crippen LogP contribution is -2.43. The smallest absolute Gasteiger partial charge is 0.230 e. The molecule has 0 bridgehead atoms. The second-order valence-corrected chi connectivity index (χ2v) is 6.72. The van der Waals surface area contributed by atoms with Crippen LogP contribution in [0.2, 0.25) is 0 Å². The molecule has 2 aliphatic rings. The van der Waals surface area contributed by atoms with Gasteiger partial charge >= 0.3 is 0 Å². The van der Waals surface area contributed by atoms with E-state index in [1.165, 1.54) is 12.8 Å². The second-order valence-electron chi connectivity index (χ2n) is 5.80. The summed E-state index contributed by atoms with van der Waals surface area (Å²) in [5.41, 5.74) is 6.84. The highest BCUT2D eigenvalue weighted by Crippen LogP contribution is 2.48. The van der Waals surface area contributed by atoms with Gasteiger partial charge in [-0.15, -0.1) is 0 Å².